The average Bonchev–Trinajstić information content (AvgIpc) is 2.47. The molecule has 0 fully saturated rings. The van der Waals surface area contributed by atoms with E-state index in [2.05, 4.69) is 0 Å². The minimum absolute atomic E-state index is 0.120. The first kappa shape index (κ1) is 13.3. The molecular weight excluding hydrogens is 240 g/mol. The Hall–Kier alpha value is -2.16. The Morgan fingerprint density at radius 2 is 2.00 bits per heavy atom. The molecule has 0 amide bonds. The standard InChI is InChI=1S/C16H18O3/c1-3-19-16(17)14-10-9-13(11-15(14)18-2)12-7-5-4-6-8-12/h4-11,13,17H,3H2,1-2H3/p-1/b16-14-/t13-/m0/s1. The van der Waals surface area contributed by atoms with E-state index in [1.807, 2.05) is 42.5 Å². The topological polar surface area (TPSA) is 41.5 Å². The first-order valence-corrected chi connectivity index (χ1v) is 6.29. The van der Waals surface area contributed by atoms with Crippen LogP contribution < -0.4 is 5.11 Å². The van der Waals surface area contributed by atoms with Crippen LogP contribution >= 0.6 is 0 Å². The zero-order valence-electron chi connectivity index (χ0n) is 11.1. The van der Waals surface area contributed by atoms with Gasteiger partial charge < -0.3 is 14.6 Å². The maximum Gasteiger partial charge on any atom is 0.124 e. The van der Waals surface area contributed by atoms with Gasteiger partial charge in [0, 0.05) is 11.5 Å². The predicted octanol–water partition coefficient (Wildman–Crippen LogP) is 2.48. The molecule has 0 heterocycles. The maximum absolute atomic E-state index is 11.8. The van der Waals surface area contributed by atoms with Crippen LogP contribution in [0.1, 0.15) is 18.4 Å². The Labute approximate surface area is 113 Å². The van der Waals surface area contributed by atoms with Crippen molar-refractivity contribution in [1.82, 2.24) is 0 Å². The molecule has 0 radical (unpaired) electrons. The van der Waals surface area contributed by atoms with Crippen LogP contribution in [0.5, 0.6) is 0 Å². The summed E-state index contributed by atoms with van der Waals surface area (Å²) in [5.41, 5.74) is 1.63. The van der Waals surface area contributed by atoms with Crippen molar-refractivity contribution in [3.05, 3.63) is 71.4 Å². The maximum atomic E-state index is 11.8. The molecule has 0 saturated carbocycles. The Kier molecular flexibility index (Phi) is 4.29. The molecule has 1 aliphatic rings. The normalized spacial score (nSPS) is 20.7. The summed E-state index contributed by atoms with van der Waals surface area (Å²) in [6.45, 7) is 2.14. The molecule has 3 heteroatoms. The highest BCUT2D eigenvalue weighted by molar-refractivity contribution is 5.45. The number of rotatable bonds is 4. The van der Waals surface area contributed by atoms with Gasteiger partial charge >= 0.3 is 0 Å². The first-order chi connectivity index (χ1) is 9.26. The van der Waals surface area contributed by atoms with Crippen molar-refractivity contribution in [3.8, 4) is 0 Å². The third-order valence-electron chi connectivity index (χ3n) is 2.97. The van der Waals surface area contributed by atoms with Crippen molar-refractivity contribution in [2.45, 2.75) is 12.8 Å². The Morgan fingerprint density at radius 1 is 1.26 bits per heavy atom. The van der Waals surface area contributed by atoms with Gasteiger partial charge in [-0.2, -0.15) is 0 Å². The lowest BCUT2D eigenvalue weighted by Gasteiger charge is -2.23. The number of ether oxygens (including phenoxy) is 2. The molecule has 1 atom stereocenters. The van der Waals surface area contributed by atoms with Gasteiger partial charge in [0.25, 0.3) is 0 Å². The highest BCUT2D eigenvalue weighted by Gasteiger charge is 2.15. The second kappa shape index (κ2) is 6.14. The van der Waals surface area contributed by atoms with Crippen molar-refractivity contribution in [1.29, 1.82) is 0 Å². The summed E-state index contributed by atoms with van der Waals surface area (Å²) in [5.74, 6) is 0.336. The summed E-state index contributed by atoms with van der Waals surface area (Å²) in [6.07, 6.45) is 5.68. The Balaban J connectivity index is 2.30. The summed E-state index contributed by atoms with van der Waals surface area (Å²) in [6, 6.07) is 10.1. The average molecular weight is 257 g/mol. The minimum atomic E-state index is -0.349. The minimum Gasteiger partial charge on any atom is -0.613 e. The van der Waals surface area contributed by atoms with Crippen LogP contribution in [0, 0.1) is 0 Å². The van der Waals surface area contributed by atoms with Gasteiger partial charge in [-0.25, -0.2) is 0 Å². The van der Waals surface area contributed by atoms with E-state index in [1.165, 1.54) is 0 Å². The monoisotopic (exact) mass is 257 g/mol. The molecule has 100 valence electrons. The molecule has 1 aliphatic carbocycles. The van der Waals surface area contributed by atoms with E-state index in [4.69, 9.17) is 9.47 Å². The molecule has 1 aromatic rings. The van der Waals surface area contributed by atoms with Crippen LogP contribution in [0.3, 0.4) is 0 Å². The molecule has 0 bridgehead atoms. The van der Waals surface area contributed by atoms with Crippen LogP contribution in [0.15, 0.2) is 65.8 Å². The van der Waals surface area contributed by atoms with Crippen molar-refractivity contribution in [2.75, 3.05) is 13.7 Å². The van der Waals surface area contributed by atoms with Gasteiger partial charge in [0.1, 0.15) is 5.76 Å². The van der Waals surface area contributed by atoms with Crippen LogP contribution in [-0.4, -0.2) is 13.7 Å². The molecule has 1 aromatic carbocycles. The van der Waals surface area contributed by atoms with E-state index >= 15 is 0 Å². The van der Waals surface area contributed by atoms with Gasteiger partial charge in [-0.05, 0) is 18.2 Å². The summed E-state index contributed by atoms with van der Waals surface area (Å²) < 4.78 is 10.3. The fourth-order valence-corrected chi connectivity index (χ4v) is 2.03. The van der Waals surface area contributed by atoms with Gasteiger partial charge in [-0.3, -0.25) is 0 Å². The van der Waals surface area contributed by atoms with E-state index < -0.39 is 0 Å². The highest BCUT2D eigenvalue weighted by Crippen LogP contribution is 2.29. The van der Waals surface area contributed by atoms with E-state index in [-0.39, 0.29) is 11.9 Å². The Morgan fingerprint density at radius 3 is 2.63 bits per heavy atom. The van der Waals surface area contributed by atoms with E-state index in [1.54, 1.807) is 20.1 Å². The molecule has 2 rings (SSSR count). The van der Waals surface area contributed by atoms with E-state index in [0.717, 1.165) is 5.56 Å². The van der Waals surface area contributed by atoms with E-state index in [9.17, 15) is 5.11 Å². The third-order valence-corrected chi connectivity index (χ3v) is 2.97. The van der Waals surface area contributed by atoms with Crippen molar-refractivity contribution in [2.24, 2.45) is 0 Å². The number of benzene rings is 1. The van der Waals surface area contributed by atoms with E-state index in [0.29, 0.717) is 17.9 Å². The molecular formula is C16H17O3-. The zero-order chi connectivity index (χ0) is 13.7. The number of hydrogen-bond acceptors (Lipinski definition) is 3. The van der Waals surface area contributed by atoms with Crippen molar-refractivity contribution < 1.29 is 14.6 Å². The van der Waals surface area contributed by atoms with Crippen molar-refractivity contribution >= 4 is 0 Å². The second-order valence-electron chi connectivity index (χ2n) is 4.16. The zero-order valence-corrected chi connectivity index (χ0v) is 11.1. The fourth-order valence-electron chi connectivity index (χ4n) is 2.03. The van der Waals surface area contributed by atoms with Gasteiger partial charge in [-0.1, -0.05) is 49.4 Å². The van der Waals surface area contributed by atoms with Gasteiger partial charge in [0.05, 0.1) is 13.1 Å². The predicted molar refractivity (Wildman–Crippen MR) is 72.1 cm³/mol. The fraction of sp³-hybridized carbons (Fsp3) is 0.250. The quantitative estimate of drug-likeness (QED) is 0.778. The van der Waals surface area contributed by atoms with Gasteiger partial charge in [0.15, 0.2) is 0 Å². The molecule has 0 aliphatic heterocycles. The largest absolute Gasteiger partial charge is 0.613 e. The molecule has 0 N–H and O–H groups in total. The SMILES string of the molecule is CCO/C([O-])=C1/C=C[C@H](c2ccccc2)C=C1OC. The number of methoxy groups -OCH3 is 1. The second-order valence-corrected chi connectivity index (χ2v) is 4.16. The first-order valence-electron chi connectivity index (χ1n) is 6.29. The third kappa shape index (κ3) is 2.99. The van der Waals surface area contributed by atoms with Crippen molar-refractivity contribution in [3.63, 3.8) is 0 Å². The smallest absolute Gasteiger partial charge is 0.124 e. The van der Waals surface area contributed by atoms with Crippen LogP contribution in [0.25, 0.3) is 0 Å². The summed E-state index contributed by atoms with van der Waals surface area (Å²) in [4.78, 5) is 0. The lowest BCUT2D eigenvalue weighted by atomic mass is 9.92. The molecule has 19 heavy (non-hydrogen) atoms. The van der Waals surface area contributed by atoms with Gasteiger partial charge in [-0.15, -0.1) is 0 Å². The molecule has 0 saturated heterocycles. The molecule has 0 spiro atoms. The highest BCUT2D eigenvalue weighted by atomic mass is 16.6. The lowest BCUT2D eigenvalue weighted by molar-refractivity contribution is -0.358. The Bertz CT molecular complexity index is 512. The number of allylic oxidation sites excluding steroid dienone is 3. The summed E-state index contributed by atoms with van der Waals surface area (Å²) in [5, 5.41) is 11.8. The van der Waals surface area contributed by atoms with Gasteiger partial charge in [0.2, 0.25) is 0 Å². The molecule has 3 nitrogen and oxygen atoms in total. The lowest BCUT2D eigenvalue weighted by Crippen LogP contribution is -2.14. The van der Waals surface area contributed by atoms with Crippen LogP contribution in [0.2, 0.25) is 0 Å². The van der Waals surface area contributed by atoms with Crippen LogP contribution in [-0.2, 0) is 9.47 Å². The summed E-state index contributed by atoms with van der Waals surface area (Å²) >= 11 is 0. The molecule has 0 aromatic heterocycles. The molecule has 0 unspecified atom stereocenters. The van der Waals surface area contributed by atoms with Crippen LogP contribution in [0.4, 0.5) is 0 Å². The number of hydrogen-bond donors (Lipinski definition) is 0. The summed E-state index contributed by atoms with van der Waals surface area (Å²) in [7, 11) is 1.56.